The van der Waals surface area contributed by atoms with Gasteiger partial charge in [0.05, 0.1) is 25.9 Å². The highest BCUT2D eigenvalue weighted by Gasteiger charge is 2.16. The molecular weight excluding hydrogens is 230 g/mol. The zero-order valence-electron chi connectivity index (χ0n) is 10.8. The van der Waals surface area contributed by atoms with E-state index in [-0.39, 0.29) is 12.1 Å². The van der Waals surface area contributed by atoms with Gasteiger partial charge in [0.25, 0.3) is 0 Å². The summed E-state index contributed by atoms with van der Waals surface area (Å²) in [5, 5.41) is 12.8. The van der Waals surface area contributed by atoms with Gasteiger partial charge in [-0.3, -0.25) is 0 Å². The normalized spacial score (nSPS) is 21.7. The summed E-state index contributed by atoms with van der Waals surface area (Å²) in [6.45, 7) is 4.98. The Bertz CT molecular complexity index is 347. The van der Waals surface area contributed by atoms with E-state index in [1.165, 1.54) is 5.56 Å². The van der Waals surface area contributed by atoms with Gasteiger partial charge in [0.15, 0.2) is 0 Å². The molecule has 2 unspecified atom stereocenters. The Morgan fingerprint density at radius 3 is 2.72 bits per heavy atom. The number of phenols is 1. The molecule has 100 valence electrons. The van der Waals surface area contributed by atoms with Crippen molar-refractivity contribution in [3.05, 3.63) is 29.8 Å². The molecule has 18 heavy (non-hydrogen) atoms. The largest absolute Gasteiger partial charge is 0.508 e. The van der Waals surface area contributed by atoms with Crippen molar-refractivity contribution in [1.82, 2.24) is 5.32 Å². The Balaban J connectivity index is 1.86. The maximum Gasteiger partial charge on any atom is 0.115 e. The predicted octanol–water partition coefficient (Wildman–Crippen LogP) is 1.85. The molecule has 4 heteroatoms. The molecule has 0 radical (unpaired) electrons. The van der Waals surface area contributed by atoms with E-state index in [4.69, 9.17) is 9.47 Å². The Labute approximate surface area is 108 Å². The lowest BCUT2D eigenvalue weighted by atomic mass is 10.0. The molecule has 0 aliphatic carbocycles. The molecule has 1 aliphatic heterocycles. The van der Waals surface area contributed by atoms with Crippen molar-refractivity contribution in [3.8, 4) is 5.75 Å². The summed E-state index contributed by atoms with van der Waals surface area (Å²) in [4.78, 5) is 0. The van der Waals surface area contributed by atoms with Gasteiger partial charge in [-0.05, 0) is 24.1 Å². The maximum absolute atomic E-state index is 9.29. The summed E-state index contributed by atoms with van der Waals surface area (Å²) >= 11 is 0. The van der Waals surface area contributed by atoms with Gasteiger partial charge in [0.1, 0.15) is 5.75 Å². The fraction of sp³-hybridized carbons (Fsp3) is 0.571. The third kappa shape index (κ3) is 3.70. The number of hydrogen-bond donors (Lipinski definition) is 2. The van der Waals surface area contributed by atoms with Crippen molar-refractivity contribution in [2.45, 2.75) is 25.5 Å². The van der Waals surface area contributed by atoms with Crippen LogP contribution in [0.3, 0.4) is 0 Å². The molecule has 0 spiro atoms. The molecule has 0 saturated carbocycles. The molecule has 2 rings (SSSR count). The third-order valence-electron chi connectivity index (χ3n) is 3.18. The summed E-state index contributed by atoms with van der Waals surface area (Å²) in [5.74, 6) is 0.303. The molecule has 0 aromatic heterocycles. The quantitative estimate of drug-likeness (QED) is 0.838. The summed E-state index contributed by atoms with van der Waals surface area (Å²) in [7, 11) is 0. The predicted molar refractivity (Wildman–Crippen MR) is 69.7 cm³/mol. The topological polar surface area (TPSA) is 50.7 Å². The van der Waals surface area contributed by atoms with Gasteiger partial charge in [0, 0.05) is 12.6 Å². The molecular formula is C14H21NO3. The molecule has 1 aliphatic rings. The number of phenolic OH excluding ortho intramolecular Hbond substituents is 1. The maximum atomic E-state index is 9.29. The number of aromatic hydroxyl groups is 1. The SMILES string of the molecule is CCC(NCC1COCCO1)c1ccc(O)cc1. The second kappa shape index (κ2) is 6.73. The van der Waals surface area contributed by atoms with Crippen LogP contribution in [0.15, 0.2) is 24.3 Å². The van der Waals surface area contributed by atoms with Gasteiger partial charge < -0.3 is 19.9 Å². The minimum atomic E-state index is 0.143. The van der Waals surface area contributed by atoms with Crippen molar-refractivity contribution in [2.75, 3.05) is 26.4 Å². The highest BCUT2D eigenvalue weighted by molar-refractivity contribution is 5.27. The van der Waals surface area contributed by atoms with E-state index in [0.717, 1.165) is 13.0 Å². The van der Waals surface area contributed by atoms with Gasteiger partial charge in [0.2, 0.25) is 0 Å². The van der Waals surface area contributed by atoms with E-state index in [2.05, 4.69) is 12.2 Å². The molecule has 1 fully saturated rings. The summed E-state index contributed by atoms with van der Waals surface area (Å²) in [6.07, 6.45) is 1.14. The van der Waals surface area contributed by atoms with Crippen molar-refractivity contribution >= 4 is 0 Å². The van der Waals surface area contributed by atoms with Crippen molar-refractivity contribution in [1.29, 1.82) is 0 Å². The highest BCUT2D eigenvalue weighted by atomic mass is 16.6. The van der Waals surface area contributed by atoms with Crippen LogP contribution in [0.25, 0.3) is 0 Å². The first-order valence-electron chi connectivity index (χ1n) is 6.51. The van der Waals surface area contributed by atoms with Crippen LogP contribution in [0.2, 0.25) is 0 Å². The van der Waals surface area contributed by atoms with Crippen molar-refractivity contribution in [2.24, 2.45) is 0 Å². The van der Waals surface area contributed by atoms with Crippen LogP contribution in [0.5, 0.6) is 5.75 Å². The van der Waals surface area contributed by atoms with E-state index in [0.29, 0.717) is 25.6 Å². The Morgan fingerprint density at radius 2 is 2.11 bits per heavy atom. The highest BCUT2D eigenvalue weighted by Crippen LogP contribution is 2.19. The smallest absolute Gasteiger partial charge is 0.115 e. The summed E-state index contributed by atoms with van der Waals surface area (Å²) < 4.78 is 11.0. The molecule has 2 atom stereocenters. The van der Waals surface area contributed by atoms with Crippen LogP contribution < -0.4 is 5.32 Å². The van der Waals surface area contributed by atoms with Crippen LogP contribution in [0.4, 0.5) is 0 Å². The Kier molecular flexibility index (Phi) is 4.99. The standard InChI is InChI=1S/C14H21NO3/c1-2-14(11-3-5-12(16)6-4-11)15-9-13-10-17-7-8-18-13/h3-6,13-16H,2,7-10H2,1H3. The number of hydrogen-bond acceptors (Lipinski definition) is 4. The molecule has 1 aromatic carbocycles. The molecule has 4 nitrogen and oxygen atoms in total. The van der Waals surface area contributed by atoms with Crippen LogP contribution in [0, 0.1) is 0 Å². The minimum absolute atomic E-state index is 0.143. The van der Waals surface area contributed by atoms with Crippen LogP contribution in [-0.2, 0) is 9.47 Å². The molecule has 1 heterocycles. The van der Waals surface area contributed by atoms with E-state index in [1.807, 2.05) is 12.1 Å². The van der Waals surface area contributed by atoms with Gasteiger partial charge in [-0.25, -0.2) is 0 Å². The molecule has 1 aromatic rings. The van der Waals surface area contributed by atoms with Crippen LogP contribution >= 0.6 is 0 Å². The average Bonchev–Trinajstić information content (AvgIpc) is 2.42. The summed E-state index contributed by atoms with van der Waals surface area (Å²) in [5.41, 5.74) is 1.19. The van der Waals surface area contributed by atoms with E-state index < -0.39 is 0 Å². The van der Waals surface area contributed by atoms with Gasteiger partial charge >= 0.3 is 0 Å². The number of nitrogens with one attached hydrogen (secondary N) is 1. The molecule has 1 saturated heterocycles. The fourth-order valence-corrected chi connectivity index (χ4v) is 2.13. The second-order valence-corrected chi connectivity index (χ2v) is 4.53. The van der Waals surface area contributed by atoms with E-state index in [1.54, 1.807) is 12.1 Å². The van der Waals surface area contributed by atoms with E-state index in [9.17, 15) is 5.11 Å². The van der Waals surface area contributed by atoms with Gasteiger partial charge in [-0.15, -0.1) is 0 Å². The zero-order valence-corrected chi connectivity index (χ0v) is 10.8. The number of benzene rings is 1. The van der Waals surface area contributed by atoms with Crippen molar-refractivity contribution < 1.29 is 14.6 Å². The lowest BCUT2D eigenvalue weighted by molar-refractivity contribution is -0.0871. The first kappa shape index (κ1) is 13.3. The van der Waals surface area contributed by atoms with E-state index >= 15 is 0 Å². The molecule has 2 N–H and O–H groups in total. The monoisotopic (exact) mass is 251 g/mol. The van der Waals surface area contributed by atoms with Crippen LogP contribution in [-0.4, -0.2) is 37.6 Å². The first-order valence-corrected chi connectivity index (χ1v) is 6.51. The Morgan fingerprint density at radius 1 is 1.33 bits per heavy atom. The fourth-order valence-electron chi connectivity index (χ4n) is 2.13. The summed E-state index contributed by atoms with van der Waals surface area (Å²) in [6, 6.07) is 7.64. The number of ether oxygens (including phenoxy) is 2. The van der Waals surface area contributed by atoms with Gasteiger partial charge in [-0.2, -0.15) is 0 Å². The van der Waals surface area contributed by atoms with Gasteiger partial charge in [-0.1, -0.05) is 19.1 Å². The first-order chi connectivity index (χ1) is 8.79. The Hall–Kier alpha value is -1.10. The van der Waals surface area contributed by atoms with Crippen molar-refractivity contribution in [3.63, 3.8) is 0 Å². The third-order valence-corrected chi connectivity index (χ3v) is 3.18. The average molecular weight is 251 g/mol. The molecule has 0 bridgehead atoms. The number of rotatable bonds is 5. The minimum Gasteiger partial charge on any atom is -0.508 e. The lowest BCUT2D eigenvalue weighted by Crippen LogP contribution is -2.38. The molecule has 0 amide bonds. The van der Waals surface area contributed by atoms with Crippen LogP contribution in [0.1, 0.15) is 24.9 Å². The second-order valence-electron chi connectivity index (χ2n) is 4.53. The lowest BCUT2D eigenvalue weighted by Gasteiger charge is -2.26. The zero-order chi connectivity index (χ0) is 12.8.